The standard InChI is InChI=1S/C28H22BrN3O7/c1-15(28(34)35)38-25-19(29)11-16(12-23(25)37-3)14-30-32-26(31-20-8-5-4-7-17(20)27(32)33)24-13-18-21(36-2)9-6-10-22(18)39-24/h4-15H,1-3H3,(H,34,35)/t15-/m1/s1. The second-order valence-corrected chi connectivity index (χ2v) is 9.28. The van der Waals surface area contributed by atoms with E-state index in [0.717, 1.165) is 5.39 Å². The molecule has 0 aliphatic carbocycles. The van der Waals surface area contributed by atoms with Crippen molar-refractivity contribution in [1.82, 2.24) is 9.66 Å². The average molecular weight is 592 g/mol. The Hall–Kier alpha value is -4.64. The van der Waals surface area contributed by atoms with Gasteiger partial charge in [-0.1, -0.05) is 18.2 Å². The number of carboxylic acids is 1. The second kappa shape index (κ2) is 10.6. The zero-order valence-corrected chi connectivity index (χ0v) is 22.6. The molecule has 5 rings (SSSR count). The largest absolute Gasteiger partial charge is 0.496 e. The maximum absolute atomic E-state index is 13.5. The molecule has 2 aromatic heterocycles. The van der Waals surface area contributed by atoms with E-state index in [1.54, 1.807) is 55.6 Å². The van der Waals surface area contributed by atoms with Crippen LogP contribution in [0.3, 0.4) is 0 Å². The molecule has 0 saturated carbocycles. The number of hydrogen-bond acceptors (Lipinski definition) is 8. The summed E-state index contributed by atoms with van der Waals surface area (Å²) in [6.07, 6.45) is 0.365. The Kier molecular flexibility index (Phi) is 7.07. The fourth-order valence-electron chi connectivity index (χ4n) is 3.99. The molecule has 0 aliphatic rings. The molecule has 0 fully saturated rings. The third kappa shape index (κ3) is 4.96. The number of furan rings is 1. The third-order valence-electron chi connectivity index (χ3n) is 5.93. The van der Waals surface area contributed by atoms with Gasteiger partial charge in [-0.3, -0.25) is 4.79 Å². The number of hydrogen-bond donors (Lipinski definition) is 1. The summed E-state index contributed by atoms with van der Waals surface area (Å²) in [5, 5.41) is 14.8. The van der Waals surface area contributed by atoms with E-state index >= 15 is 0 Å². The van der Waals surface area contributed by atoms with Gasteiger partial charge in [0.05, 0.1) is 41.2 Å². The number of nitrogens with zero attached hydrogens (tertiary/aromatic N) is 3. The quantitative estimate of drug-likeness (QED) is 0.240. The van der Waals surface area contributed by atoms with Crippen LogP contribution in [0.5, 0.6) is 17.2 Å². The van der Waals surface area contributed by atoms with Gasteiger partial charge in [0.2, 0.25) is 5.82 Å². The first-order chi connectivity index (χ1) is 18.8. The number of carbonyl (C=O) groups is 1. The van der Waals surface area contributed by atoms with Crippen LogP contribution in [0.4, 0.5) is 0 Å². The first-order valence-electron chi connectivity index (χ1n) is 11.7. The highest BCUT2D eigenvalue weighted by Crippen LogP contribution is 2.37. The van der Waals surface area contributed by atoms with E-state index in [2.05, 4.69) is 26.0 Å². The summed E-state index contributed by atoms with van der Waals surface area (Å²) in [6, 6.07) is 17.4. The fourth-order valence-corrected chi connectivity index (χ4v) is 4.55. The molecule has 1 atom stereocenters. The molecule has 0 unspecified atom stereocenters. The molecular weight excluding hydrogens is 570 g/mol. The summed E-state index contributed by atoms with van der Waals surface area (Å²) in [6.45, 7) is 1.41. The Bertz CT molecular complexity index is 1810. The summed E-state index contributed by atoms with van der Waals surface area (Å²) in [5.41, 5.74) is 1.23. The minimum atomic E-state index is -1.12. The third-order valence-corrected chi connectivity index (χ3v) is 6.52. The van der Waals surface area contributed by atoms with Crippen molar-refractivity contribution in [2.45, 2.75) is 13.0 Å². The summed E-state index contributed by atoms with van der Waals surface area (Å²) < 4.78 is 24.1. The lowest BCUT2D eigenvalue weighted by molar-refractivity contribution is -0.144. The molecule has 10 nitrogen and oxygen atoms in total. The van der Waals surface area contributed by atoms with Crippen LogP contribution in [-0.4, -0.2) is 47.3 Å². The minimum absolute atomic E-state index is 0.203. The van der Waals surface area contributed by atoms with E-state index in [1.165, 1.54) is 24.9 Å². The lowest BCUT2D eigenvalue weighted by atomic mass is 10.2. The van der Waals surface area contributed by atoms with E-state index in [9.17, 15) is 14.7 Å². The van der Waals surface area contributed by atoms with Gasteiger partial charge >= 0.3 is 5.97 Å². The van der Waals surface area contributed by atoms with Crippen LogP contribution in [0, 0.1) is 0 Å². The van der Waals surface area contributed by atoms with Gasteiger partial charge in [0.25, 0.3) is 5.56 Å². The highest BCUT2D eigenvalue weighted by molar-refractivity contribution is 9.10. The highest BCUT2D eigenvalue weighted by atomic mass is 79.9. The maximum Gasteiger partial charge on any atom is 0.344 e. The molecule has 0 aliphatic heterocycles. The van der Waals surface area contributed by atoms with E-state index in [-0.39, 0.29) is 22.9 Å². The molecule has 0 spiro atoms. The molecule has 198 valence electrons. The van der Waals surface area contributed by atoms with Crippen molar-refractivity contribution < 1.29 is 28.5 Å². The Morgan fingerprint density at radius 3 is 2.59 bits per heavy atom. The number of rotatable bonds is 8. The summed E-state index contributed by atoms with van der Waals surface area (Å²) in [4.78, 5) is 29.5. The van der Waals surface area contributed by atoms with Crippen LogP contribution in [0.15, 0.2) is 79.4 Å². The Labute approximate surface area is 230 Å². The van der Waals surface area contributed by atoms with Gasteiger partial charge in [-0.25, -0.2) is 9.78 Å². The predicted octanol–water partition coefficient (Wildman–Crippen LogP) is 5.32. The van der Waals surface area contributed by atoms with Gasteiger partial charge in [0.15, 0.2) is 23.4 Å². The molecule has 11 heteroatoms. The number of methoxy groups -OCH3 is 2. The van der Waals surface area contributed by atoms with Crippen LogP contribution in [0.25, 0.3) is 33.5 Å². The smallest absolute Gasteiger partial charge is 0.344 e. The zero-order valence-electron chi connectivity index (χ0n) is 21.0. The van der Waals surface area contributed by atoms with Crippen molar-refractivity contribution in [3.8, 4) is 28.8 Å². The van der Waals surface area contributed by atoms with Crippen molar-refractivity contribution >= 4 is 50.0 Å². The SMILES string of the molecule is COc1cc(C=Nn2c(-c3cc4c(OC)cccc4o3)nc3ccccc3c2=O)cc(Br)c1O[C@H](C)C(=O)O. The minimum Gasteiger partial charge on any atom is -0.496 e. The van der Waals surface area contributed by atoms with Crippen LogP contribution in [0.2, 0.25) is 0 Å². The number of ether oxygens (including phenoxy) is 3. The van der Waals surface area contributed by atoms with E-state index in [0.29, 0.717) is 38.0 Å². The van der Waals surface area contributed by atoms with Crippen molar-refractivity contribution in [2.24, 2.45) is 5.10 Å². The summed E-state index contributed by atoms with van der Waals surface area (Å²) in [7, 11) is 3.01. The zero-order chi connectivity index (χ0) is 27.7. The van der Waals surface area contributed by atoms with Crippen LogP contribution >= 0.6 is 15.9 Å². The normalized spacial score (nSPS) is 12.2. The molecule has 2 heterocycles. The second-order valence-electron chi connectivity index (χ2n) is 8.43. The number of carboxylic acid groups (broad SMARTS) is 1. The van der Waals surface area contributed by atoms with Crippen molar-refractivity contribution in [3.63, 3.8) is 0 Å². The van der Waals surface area contributed by atoms with Crippen molar-refractivity contribution in [2.75, 3.05) is 14.2 Å². The van der Waals surface area contributed by atoms with E-state index in [4.69, 9.17) is 18.6 Å². The summed E-state index contributed by atoms with van der Waals surface area (Å²) >= 11 is 3.41. The van der Waals surface area contributed by atoms with Gasteiger partial charge in [-0.05, 0) is 70.9 Å². The number of aromatic nitrogens is 2. The van der Waals surface area contributed by atoms with Crippen molar-refractivity contribution in [3.05, 3.63) is 81.1 Å². The molecule has 1 N–H and O–H groups in total. The maximum atomic E-state index is 13.5. The topological polar surface area (TPSA) is 125 Å². The van der Waals surface area contributed by atoms with Crippen LogP contribution in [0.1, 0.15) is 12.5 Å². The number of halogens is 1. The fraction of sp³-hybridized carbons (Fsp3) is 0.143. The number of benzene rings is 3. The molecule has 3 aromatic carbocycles. The van der Waals surface area contributed by atoms with Crippen molar-refractivity contribution in [1.29, 1.82) is 0 Å². The van der Waals surface area contributed by atoms with Crippen LogP contribution in [-0.2, 0) is 4.79 Å². The number of aliphatic carboxylic acids is 1. The molecule has 39 heavy (non-hydrogen) atoms. The van der Waals surface area contributed by atoms with E-state index < -0.39 is 12.1 Å². The summed E-state index contributed by atoms with van der Waals surface area (Å²) in [5.74, 6) is 0.554. The van der Waals surface area contributed by atoms with Crippen LogP contribution < -0.4 is 19.8 Å². The Morgan fingerprint density at radius 1 is 1.08 bits per heavy atom. The molecule has 0 radical (unpaired) electrons. The van der Waals surface area contributed by atoms with Gasteiger partial charge < -0.3 is 23.7 Å². The first-order valence-corrected chi connectivity index (χ1v) is 12.5. The predicted molar refractivity (Wildman–Crippen MR) is 149 cm³/mol. The average Bonchev–Trinajstić information content (AvgIpc) is 3.38. The molecule has 0 amide bonds. The van der Waals surface area contributed by atoms with Gasteiger partial charge in [0.1, 0.15) is 11.3 Å². The molecule has 0 bridgehead atoms. The lowest BCUT2D eigenvalue weighted by Gasteiger charge is -2.16. The lowest BCUT2D eigenvalue weighted by Crippen LogP contribution is -2.23. The molecule has 0 saturated heterocycles. The Balaban J connectivity index is 1.64. The van der Waals surface area contributed by atoms with Gasteiger partial charge in [-0.15, -0.1) is 0 Å². The molecular formula is C28H22BrN3O7. The molecule has 5 aromatic rings. The van der Waals surface area contributed by atoms with Gasteiger partial charge in [-0.2, -0.15) is 9.78 Å². The number of fused-ring (bicyclic) bond motifs is 2. The van der Waals surface area contributed by atoms with E-state index in [1.807, 2.05) is 12.1 Å². The Morgan fingerprint density at radius 2 is 1.85 bits per heavy atom. The monoisotopic (exact) mass is 591 g/mol. The number of para-hydroxylation sites is 1. The van der Waals surface area contributed by atoms with Gasteiger partial charge in [0, 0.05) is 0 Å². The highest BCUT2D eigenvalue weighted by Gasteiger charge is 2.20. The first kappa shape index (κ1) is 26.0.